The van der Waals surface area contributed by atoms with Gasteiger partial charge in [0.1, 0.15) is 6.04 Å². The molecular weight excluding hydrogens is 214 g/mol. The molecule has 1 aliphatic heterocycles. The molecule has 1 heterocycles. The highest BCUT2D eigenvalue weighted by Gasteiger charge is 2.52. The van der Waals surface area contributed by atoms with Crippen LogP contribution in [0, 0.1) is 0 Å². The van der Waals surface area contributed by atoms with E-state index in [0.29, 0.717) is 12.6 Å². The van der Waals surface area contributed by atoms with Gasteiger partial charge in [-0.05, 0) is 25.5 Å². The molecular formula is C14H19NO2. The minimum atomic E-state index is -0.0881. The van der Waals surface area contributed by atoms with Crippen molar-refractivity contribution >= 4 is 11.7 Å². The van der Waals surface area contributed by atoms with Gasteiger partial charge in [-0.1, -0.05) is 31.5 Å². The lowest BCUT2D eigenvalue weighted by molar-refractivity contribution is -0.142. The lowest BCUT2D eigenvalue weighted by Crippen LogP contribution is -2.16. The monoisotopic (exact) mass is 233 g/mol. The molecule has 1 aliphatic rings. The fourth-order valence-electron chi connectivity index (χ4n) is 2.32. The summed E-state index contributed by atoms with van der Waals surface area (Å²) in [4.78, 5) is 14.0. The third-order valence-corrected chi connectivity index (χ3v) is 3.10. The summed E-state index contributed by atoms with van der Waals surface area (Å²) in [6, 6.07) is 10.3. The molecule has 1 aromatic rings. The van der Waals surface area contributed by atoms with Crippen molar-refractivity contribution in [1.82, 2.24) is 0 Å². The number of esters is 1. The average Bonchev–Trinajstić information content (AvgIpc) is 3.05. The molecule has 1 saturated heterocycles. The molecule has 92 valence electrons. The smallest absolute Gasteiger partial charge is 0.330 e. The molecule has 0 saturated carbocycles. The Balaban J connectivity index is 2.09. The van der Waals surface area contributed by atoms with Crippen LogP contribution in [0.5, 0.6) is 0 Å². The molecule has 0 amide bonds. The van der Waals surface area contributed by atoms with E-state index >= 15 is 0 Å². The molecule has 0 N–H and O–H groups in total. The number of hydrogen-bond acceptors (Lipinski definition) is 3. The number of ether oxygens (including phenoxy) is 1. The summed E-state index contributed by atoms with van der Waals surface area (Å²) in [5.74, 6) is -0.0881. The number of para-hydroxylation sites is 1. The van der Waals surface area contributed by atoms with Crippen molar-refractivity contribution in [3.05, 3.63) is 30.3 Å². The van der Waals surface area contributed by atoms with Crippen LogP contribution >= 0.6 is 0 Å². The first-order valence-corrected chi connectivity index (χ1v) is 6.29. The van der Waals surface area contributed by atoms with Crippen LogP contribution in [0.1, 0.15) is 26.7 Å². The van der Waals surface area contributed by atoms with Crippen LogP contribution in [-0.2, 0) is 9.53 Å². The molecule has 2 unspecified atom stereocenters. The Hall–Kier alpha value is -1.51. The Morgan fingerprint density at radius 2 is 2.00 bits per heavy atom. The van der Waals surface area contributed by atoms with E-state index in [4.69, 9.17) is 4.74 Å². The van der Waals surface area contributed by atoms with Gasteiger partial charge >= 0.3 is 5.97 Å². The number of rotatable bonds is 5. The lowest BCUT2D eigenvalue weighted by atomic mass is 10.2. The van der Waals surface area contributed by atoms with E-state index in [2.05, 4.69) is 11.8 Å². The van der Waals surface area contributed by atoms with E-state index in [1.165, 1.54) is 0 Å². The number of hydrogen-bond donors (Lipinski definition) is 0. The van der Waals surface area contributed by atoms with Gasteiger partial charge in [-0.15, -0.1) is 0 Å². The Kier molecular flexibility index (Phi) is 3.67. The summed E-state index contributed by atoms with van der Waals surface area (Å²) >= 11 is 0. The van der Waals surface area contributed by atoms with Gasteiger partial charge in [0.15, 0.2) is 0 Å². The van der Waals surface area contributed by atoms with Crippen molar-refractivity contribution in [3.8, 4) is 0 Å². The molecule has 0 aromatic heterocycles. The van der Waals surface area contributed by atoms with Crippen molar-refractivity contribution in [2.24, 2.45) is 0 Å². The van der Waals surface area contributed by atoms with Crippen LogP contribution in [0.4, 0.5) is 5.69 Å². The minimum Gasteiger partial charge on any atom is -0.464 e. The SMILES string of the molecule is CCCC1C(C(=O)OCC)N1c1ccccc1. The Bertz CT molecular complexity index is 377. The molecule has 0 aliphatic carbocycles. The zero-order valence-corrected chi connectivity index (χ0v) is 10.4. The Morgan fingerprint density at radius 3 is 2.59 bits per heavy atom. The maximum Gasteiger partial charge on any atom is 0.330 e. The average molecular weight is 233 g/mol. The first-order valence-electron chi connectivity index (χ1n) is 6.29. The largest absolute Gasteiger partial charge is 0.464 e. The number of carbonyl (C=O) groups excluding carboxylic acids is 1. The fraction of sp³-hybridized carbons (Fsp3) is 0.500. The zero-order valence-electron chi connectivity index (χ0n) is 10.4. The zero-order chi connectivity index (χ0) is 12.3. The normalized spacial score (nSPS) is 22.4. The van der Waals surface area contributed by atoms with Crippen LogP contribution in [0.25, 0.3) is 0 Å². The summed E-state index contributed by atoms with van der Waals surface area (Å²) in [5, 5.41) is 0. The molecule has 0 bridgehead atoms. The number of benzene rings is 1. The van der Waals surface area contributed by atoms with E-state index in [9.17, 15) is 4.79 Å². The summed E-state index contributed by atoms with van der Waals surface area (Å²) < 4.78 is 5.11. The summed E-state index contributed by atoms with van der Waals surface area (Å²) in [6.07, 6.45) is 2.13. The molecule has 17 heavy (non-hydrogen) atoms. The van der Waals surface area contributed by atoms with E-state index < -0.39 is 0 Å². The van der Waals surface area contributed by atoms with Gasteiger partial charge in [0.25, 0.3) is 0 Å². The van der Waals surface area contributed by atoms with Crippen molar-refractivity contribution < 1.29 is 9.53 Å². The Morgan fingerprint density at radius 1 is 1.29 bits per heavy atom. The Labute approximate surface area is 102 Å². The third kappa shape index (κ3) is 2.43. The van der Waals surface area contributed by atoms with Crippen LogP contribution in [0.15, 0.2) is 30.3 Å². The van der Waals surface area contributed by atoms with Crippen molar-refractivity contribution in [2.45, 2.75) is 38.8 Å². The van der Waals surface area contributed by atoms with Crippen LogP contribution in [-0.4, -0.2) is 24.7 Å². The fourth-order valence-corrected chi connectivity index (χ4v) is 2.32. The van der Waals surface area contributed by atoms with Gasteiger partial charge in [0.05, 0.1) is 12.6 Å². The number of nitrogens with zero attached hydrogens (tertiary/aromatic N) is 1. The second-order valence-corrected chi connectivity index (χ2v) is 4.30. The summed E-state index contributed by atoms with van der Waals surface area (Å²) in [6.45, 7) is 4.45. The van der Waals surface area contributed by atoms with Gasteiger partial charge in [-0.25, -0.2) is 4.79 Å². The number of carbonyl (C=O) groups is 1. The molecule has 0 radical (unpaired) electrons. The van der Waals surface area contributed by atoms with E-state index in [1.54, 1.807) is 0 Å². The summed E-state index contributed by atoms with van der Waals surface area (Å²) in [5.41, 5.74) is 1.11. The molecule has 3 nitrogen and oxygen atoms in total. The van der Waals surface area contributed by atoms with Gasteiger partial charge < -0.3 is 9.64 Å². The molecule has 1 aromatic carbocycles. The third-order valence-electron chi connectivity index (χ3n) is 3.10. The standard InChI is InChI=1S/C14H19NO2/c1-3-8-12-13(14(16)17-4-2)15(12)11-9-6-5-7-10-11/h5-7,9-10,12-13H,3-4,8H2,1-2H3. The van der Waals surface area contributed by atoms with Crippen LogP contribution < -0.4 is 4.90 Å². The van der Waals surface area contributed by atoms with Gasteiger partial charge in [-0.3, -0.25) is 0 Å². The lowest BCUT2D eigenvalue weighted by Gasteiger charge is -2.05. The van der Waals surface area contributed by atoms with Crippen molar-refractivity contribution in [3.63, 3.8) is 0 Å². The maximum absolute atomic E-state index is 11.8. The maximum atomic E-state index is 11.8. The van der Waals surface area contributed by atoms with Crippen molar-refractivity contribution in [1.29, 1.82) is 0 Å². The highest BCUT2D eigenvalue weighted by Crippen LogP contribution is 2.38. The first-order chi connectivity index (χ1) is 8.29. The quantitative estimate of drug-likeness (QED) is 0.578. The predicted molar refractivity (Wildman–Crippen MR) is 68.0 cm³/mol. The first kappa shape index (κ1) is 12.0. The molecule has 1 fully saturated rings. The minimum absolute atomic E-state index is 0.0719. The van der Waals surface area contributed by atoms with Gasteiger partial charge in [-0.2, -0.15) is 0 Å². The summed E-state index contributed by atoms with van der Waals surface area (Å²) in [7, 11) is 0. The molecule has 2 rings (SSSR count). The van der Waals surface area contributed by atoms with Crippen LogP contribution in [0.3, 0.4) is 0 Å². The molecule has 3 heteroatoms. The highest BCUT2D eigenvalue weighted by atomic mass is 16.5. The molecule has 0 spiro atoms. The van der Waals surface area contributed by atoms with Gasteiger partial charge in [0, 0.05) is 5.69 Å². The van der Waals surface area contributed by atoms with Crippen LogP contribution in [0.2, 0.25) is 0 Å². The van der Waals surface area contributed by atoms with E-state index in [-0.39, 0.29) is 12.0 Å². The molecule has 2 atom stereocenters. The van der Waals surface area contributed by atoms with E-state index in [0.717, 1.165) is 18.5 Å². The van der Waals surface area contributed by atoms with Gasteiger partial charge in [0.2, 0.25) is 0 Å². The van der Waals surface area contributed by atoms with Crippen molar-refractivity contribution in [2.75, 3.05) is 11.5 Å². The second kappa shape index (κ2) is 5.21. The second-order valence-electron chi connectivity index (χ2n) is 4.30. The highest BCUT2D eigenvalue weighted by molar-refractivity contribution is 5.88. The van der Waals surface area contributed by atoms with E-state index in [1.807, 2.05) is 37.3 Å². The predicted octanol–water partition coefficient (Wildman–Crippen LogP) is 2.61. The number of anilines is 1. The topological polar surface area (TPSA) is 29.3 Å².